The van der Waals surface area contributed by atoms with Gasteiger partial charge in [-0.25, -0.2) is 0 Å². The molecule has 0 spiro atoms. The van der Waals surface area contributed by atoms with Crippen LogP contribution in [-0.4, -0.2) is 18.6 Å². The molecule has 0 bridgehead atoms. The highest BCUT2D eigenvalue weighted by Gasteiger charge is 2.24. The molecule has 0 aromatic heterocycles. The Labute approximate surface area is 69.5 Å². The predicted octanol–water partition coefficient (Wildman–Crippen LogP) is 1.26. The first kappa shape index (κ1) is 9.01. The fourth-order valence-electron chi connectivity index (χ4n) is 1.82. The van der Waals surface area contributed by atoms with Gasteiger partial charge in [0.1, 0.15) is 0 Å². The molecule has 0 amide bonds. The minimum atomic E-state index is 0.400. The normalized spacial score (nSPS) is 32.2. The van der Waals surface area contributed by atoms with Gasteiger partial charge in [-0.3, -0.25) is 0 Å². The van der Waals surface area contributed by atoms with Crippen LogP contribution in [0.4, 0.5) is 0 Å². The molecule has 0 aromatic carbocycles. The van der Waals surface area contributed by atoms with Crippen LogP contribution in [0.5, 0.6) is 0 Å². The molecule has 1 saturated heterocycles. The first-order valence-corrected chi connectivity index (χ1v) is 4.72. The summed E-state index contributed by atoms with van der Waals surface area (Å²) in [7, 11) is 0. The fourth-order valence-corrected chi connectivity index (χ4v) is 1.82. The summed E-state index contributed by atoms with van der Waals surface area (Å²) in [5.74, 6) is 0. The Balaban J connectivity index is 2.25. The lowest BCUT2D eigenvalue weighted by Crippen LogP contribution is -2.46. The minimum absolute atomic E-state index is 0.400. The second kappa shape index (κ2) is 4.07. The first-order chi connectivity index (χ1) is 5.27. The molecular weight excluding hydrogens is 136 g/mol. The van der Waals surface area contributed by atoms with E-state index in [1.54, 1.807) is 0 Å². The maximum Gasteiger partial charge on any atom is 0.0153 e. The van der Waals surface area contributed by atoms with Crippen molar-refractivity contribution >= 4 is 0 Å². The highest BCUT2D eigenvalue weighted by molar-refractivity contribution is 4.85. The summed E-state index contributed by atoms with van der Waals surface area (Å²) in [5.41, 5.74) is 5.88. The molecule has 0 radical (unpaired) electrons. The summed E-state index contributed by atoms with van der Waals surface area (Å²) in [4.78, 5) is 0. The van der Waals surface area contributed by atoms with Crippen LogP contribution < -0.4 is 11.1 Å². The third kappa shape index (κ3) is 2.80. The lowest BCUT2D eigenvalue weighted by atomic mass is 9.87. The van der Waals surface area contributed by atoms with E-state index in [1.807, 2.05) is 0 Å². The van der Waals surface area contributed by atoms with E-state index >= 15 is 0 Å². The molecule has 1 aliphatic rings. The van der Waals surface area contributed by atoms with Gasteiger partial charge in [0.15, 0.2) is 0 Å². The molecule has 2 nitrogen and oxygen atoms in total. The van der Waals surface area contributed by atoms with Gasteiger partial charge in [0, 0.05) is 5.54 Å². The van der Waals surface area contributed by atoms with Crippen molar-refractivity contribution in [2.75, 3.05) is 13.1 Å². The lowest BCUT2D eigenvalue weighted by Gasteiger charge is -2.35. The molecule has 1 heterocycles. The number of nitrogens with two attached hydrogens (primary N) is 1. The zero-order chi connectivity index (χ0) is 8.16. The van der Waals surface area contributed by atoms with Gasteiger partial charge in [0.25, 0.3) is 0 Å². The number of hydrogen-bond donors (Lipinski definition) is 2. The molecule has 11 heavy (non-hydrogen) atoms. The van der Waals surface area contributed by atoms with Crippen molar-refractivity contribution in [1.82, 2.24) is 5.32 Å². The van der Waals surface area contributed by atoms with Crippen LogP contribution in [0, 0.1) is 0 Å². The Morgan fingerprint density at radius 2 is 2.27 bits per heavy atom. The highest BCUT2D eigenvalue weighted by atomic mass is 15.0. The summed E-state index contributed by atoms with van der Waals surface area (Å²) in [6.07, 6.45) is 6.45. The molecule has 66 valence electrons. The van der Waals surface area contributed by atoms with Crippen molar-refractivity contribution in [2.45, 2.75) is 44.6 Å². The van der Waals surface area contributed by atoms with Gasteiger partial charge in [-0.1, -0.05) is 6.42 Å². The molecule has 1 unspecified atom stereocenters. The van der Waals surface area contributed by atoms with Crippen molar-refractivity contribution in [2.24, 2.45) is 5.73 Å². The standard InChI is InChI=1S/C9H20N2/c1-9(6-4-7-10)5-2-3-8-11-9/h11H,2-8,10H2,1H3. The van der Waals surface area contributed by atoms with E-state index in [1.165, 1.54) is 32.2 Å². The van der Waals surface area contributed by atoms with Gasteiger partial charge in [-0.2, -0.15) is 0 Å². The van der Waals surface area contributed by atoms with Gasteiger partial charge >= 0.3 is 0 Å². The Morgan fingerprint density at radius 1 is 1.45 bits per heavy atom. The van der Waals surface area contributed by atoms with Gasteiger partial charge in [0.2, 0.25) is 0 Å². The summed E-state index contributed by atoms with van der Waals surface area (Å²) in [5, 5.41) is 3.57. The molecule has 2 heteroatoms. The van der Waals surface area contributed by atoms with Gasteiger partial charge in [0.05, 0.1) is 0 Å². The van der Waals surface area contributed by atoms with E-state index < -0.39 is 0 Å². The highest BCUT2D eigenvalue weighted by Crippen LogP contribution is 2.22. The third-order valence-corrected chi connectivity index (χ3v) is 2.64. The van der Waals surface area contributed by atoms with Crippen LogP contribution in [-0.2, 0) is 0 Å². The van der Waals surface area contributed by atoms with Crippen LogP contribution in [0.2, 0.25) is 0 Å². The smallest absolute Gasteiger partial charge is 0.0153 e. The maximum absolute atomic E-state index is 5.48. The molecule has 1 aliphatic heterocycles. The number of hydrogen-bond acceptors (Lipinski definition) is 2. The van der Waals surface area contributed by atoms with Crippen LogP contribution in [0.1, 0.15) is 39.0 Å². The second-order valence-electron chi connectivity index (χ2n) is 3.84. The predicted molar refractivity (Wildman–Crippen MR) is 48.5 cm³/mol. The molecule has 3 N–H and O–H groups in total. The molecule has 0 aromatic rings. The molecule has 0 aliphatic carbocycles. The quantitative estimate of drug-likeness (QED) is 0.645. The topological polar surface area (TPSA) is 38.0 Å². The Hall–Kier alpha value is -0.0800. The Morgan fingerprint density at radius 3 is 2.82 bits per heavy atom. The first-order valence-electron chi connectivity index (χ1n) is 4.72. The summed E-state index contributed by atoms with van der Waals surface area (Å²) >= 11 is 0. The van der Waals surface area contributed by atoms with E-state index in [0.717, 1.165) is 13.0 Å². The Kier molecular flexibility index (Phi) is 3.34. The lowest BCUT2D eigenvalue weighted by molar-refractivity contribution is 0.257. The fraction of sp³-hybridized carbons (Fsp3) is 1.00. The second-order valence-corrected chi connectivity index (χ2v) is 3.84. The zero-order valence-electron chi connectivity index (χ0n) is 7.53. The van der Waals surface area contributed by atoms with E-state index in [0.29, 0.717) is 5.54 Å². The van der Waals surface area contributed by atoms with Crippen molar-refractivity contribution < 1.29 is 0 Å². The van der Waals surface area contributed by atoms with Crippen LogP contribution in [0.25, 0.3) is 0 Å². The van der Waals surface area contributed by atoms with Crippen molar-refractivity contribution in [3.63, 3.8) is 0 Å². The molecule has 0 saturated carbocycles. The zero-order valence-corrected chi connectivity index (χ0v) is 7.53. The van der Waals surface area contributed by atoms with Crippen LogP contribution >= 0.6 is 0 Å². The largest absolute Gasteiger partial charge is 0.330 e. The number of piperidine rings is 1. The molecular formula is C9H20N2. The van der Waals surface area contributed by atoms with E-state index in [2.05, 4.69) is 12.2 Å². The average molecular weight is 156 g/mol. The van der Waals surface area contributed by atoms with E-state index in [9.17, 15) is 0 Å². The van der Waals surface area contributed by atoms with E-state index in [4.69, 9.17) is 5.73 Å². The maximum atomic E-state index is 5.48. The van der Waals surface area contributed by atoms with Crippen molar-refractivity contribution in [1.29, 1.82) is 0 Å². The SMILES string of the molecule is CC1(CCCN)CCCCN1. The van der Waals surface area contributed by atoms with Crippen LogP contribution in [0.15, 0.2) is 0 Å². The van der Waals surface area contributed by atoms with Crippen molar-refractivity contribution in [3.05, 3.63) is 0 Å². The number of rotatable bonds is 3. The van der Waals surface area contributed by atoms with Crippen LogP contribution in [0.3, 0.4) is 0 Å². The average Bonchev–Trinajstić information content (AvgIpc) is 2.03. The third-order valence-electron chi connectivity index (χ3n) is 2.64. The number of nitrogens with one attached hydrogen (secondary N) is 1. The Bertz CT molecular complexity index is 106. The molecule has 1 fully saturated rings. The van der Waals surface area contributed by atoms with Crippen molar-refractivity contribution in [3.8, 4) is 0 Å². The van der Waals surface area contributed by atoms with Gasteiger partial charge in [-0.05, 0) is 45.7 Å². The van der Waals surface area contributed by atoms with Gasteiger partial charge < -0.3 is 11.1 Å². The minimum Gasteiger partial charge on any atom is -0.330 e. The summed E-state index contributed by atoms with van der Waals surface area (Å²) in [6.45, 7) is 4.35. The monoisotopic (exact) mass is 156 g/mol. The molecule has 1 atom stereocenters. The summed E-state index contributed by atoms with van der Waals surface area (Å²) < 4.78 is 0. The van der Waals surface area contributed by atoms with Gasteiger partial charge in [-0.15, -0.1) is 0 Å². The molecule has 1 rings (SSSR count). The van der Waals surface area contributed by atoms with E-state index in [-0.39, 0.29) is 0 Å². The summed E-state index contributed by atoms with van der Waals surface area (Å²) in [6, 6.07) is 0.